The van der Waals surface area contributed by atoms with Crippen LogP contribution in [0, 0.1) is 0 Å². The van der Waals surface area contributed by atoms with Crippen LogP contribution in [0.1, 0.15) is 12.1 Å². The maximum Gasteiger partial charge on any atom is 0.390 e. The van der Waals surface area contributed by atoms with Gasteiger partial charge in [0.15, 0.2) is 0 Å². The van der Waals surface area contributed by atoms with Gasteiger partial charge in [-0.1, -0.05) is 0 Å². The molecular formula is C10H16F3N3O2S. The molecule has 0 atom stereocenters. The summed E-state index contributed by atoms with van der Waals surface area (Å²) in [5, 5.41) is 2.83. The molecule has 2 N–H and O–H groups in total. The average Bonchev–Trinajstić information content (AvgIpc) is 2.74. The lowest BCUT2D eigenvalue weighted by molar-refractivity contribution is -0.135. The molecule has 110 valence electrons. The van der Waals surface area contributed by atoms with Gasteiger partial charge in [0.1, 0.15) is 0 Å². The zero-order valence-corrected chi connectivity index (χ0v) is 11.4. The van der Waals surface area contributed by atoms with E-state index in [2.05, 4.69) is 10.3 Å². The molecule has 0 spiro atoms. The number of nitrogens with zero attached hydrogens (tertiary/aromatic N) is 1. The Labute approximate surface area is 109 Å². The number of aromatic amines is 1. The quantitative estimate of drug-likeness (QED) is 0.832. The van der Waals surface area contributed by atoms with Crippen LogP contribution in [0.15, 0.2) is 17.2 Å². The van der Waals surface area contributed by atoms with Gasteiger partial charge in [-0.2, -0.15) is 13.2 Å². The molecule has 9 heteroatoms. The molecule has 0 unspecified atom stereocenters. The zero-order valence-electron chi connectivity index (χ0n) is 10.6. The molecule has 0 aliphatic carbocycles. The molecule has 5 nitrogen and oxygen atoms in total. The number of nitrogens with one attached hydrogen (secondary N) is 2. The van der Waals surface area contributed by atoms with E-state index in [1.165, 1.54) is 12.3 Å². The van der Waals surface area contributed by atoms with E-state index in [-0.39, 0.29) is 4.90 Å². The van der Waals surface area contributed by atoms with Gasteiger partial charge in [-0.15, -0.1) is 0 Å². The van der Waals surface area contributed by atoms with Gasteiger partial charge in [-0.05, 0) is 13.1 Å². The van der Waals surface area contributed by atoms with Crippen LogP contribution >= 0.6 is 0 Å². The topological polar surface area (TPSA) is 65.2 Å². The monoisotopic (exact) mass is 299 g/mol. The van der Waals surface area contributed by atoms with E-state index in [9.17, 15) is 21.6 Å². The van der Waals surface area contributed by atoms with Crippen molar-refractivity contribution in [2.75, 3.05) is 20.6 Å². The minimum Gasteiger partial charge on any atom is -0.363 e. The predicted octanol–water partition coefficient (Wildman–Crippen LogP) is 1.31. The Bertz CT molecular complexity index is 510. The third kappa shape index (κ3) is 4.51. The number of alkyl halides is 3. The van der Waals surface area contributed by atoms with Gasteiger partial charge in [0.2, 0.25) is 10.0 Å². The number of hydrogen-bond donors (Lipinski definition) is 2. The van der Waals surface area contributed by atoms with Crippen LogP contribution in [-0.4, -0.2) is 44.5 Å². The number of halogens is 3. The summed E-state index contributed by atoms with van der Waals surface area (Å²) in [6, 6.07) is 1.40. The molecule has 0 bridgehead atoms. The number of sulfonamides is 1. The Hall–Kier alpha value is -1.06. The van der Waals surface area contributed by atoms with Gasteiger partial charge in [0.05, 0.1) is 11.3 Å². The van der Waals surface area contributed by atoms with Crippen molar-refractivity contribution in [3.63, 3.8) is 0 Å². The molecular weight excluding hydrogens is 283 g/mol. The normalized spacial score (nSPS) is 13.2. The molecule has 0 saturated carbocycles. The SMILES string of the molecule is CNCc1cc(S(=O)(=O)N(C)CCC(F)(F)F)c[nH]1. The van der Waals surface area contributed by atoms with Gasteiger partial charge >= 0.3 is 6.18 Å². The van der Waals surface area contributed by atoms with Gasteiger partial charge in [-0.25, -0.2) is 12.7 Å². The largest absolute Gasteiger partial charge is 0.390 e. The molecule has 0 radical (unpaired) electrons. The number of aromatic nitrogens is 1. The third-order valence-corrected chi connectivity index (χ3v) is 4.34. The molecule has 19 heavy (non-hydrogen) atoms. The van der Waals surface area contributed by atoms with Gasteiger partial charge in [-0.3, -0.25) is 0 Å². The molecule has 1 aromatic rings. The van der Waals surface area contributed by atoms with Crippen molar-refractivity contribution in [2.45, 2.75) is 24.0 Å². The van der Waals surface area contributed by atoms with Crippen LogP contribution in [0.2, 0.25) is 0 Å². The summed E-state index contributed by atoms with van der Waals surface area (Å²) in [6.45, 7) is -0.153. The first-order valence-electron chi connectivity index (χ1n) is 5.52. The molecule has 0 saturated heterocycles. The first-order chi connectivity index (χ1) is 8.66. The van der Waals surface area contributed by atoms with Gasteiger partial charge < -0.3 is 10.3 Å². The maximum absolute atomic E-state index is 12.1. The fourth-order valence-corrected chi connectivity index (χ4v) is 2.64. The molecule has 1 aromatic heterocycles. The first kappa shape index (κ1) is 16.0. The Morgan fingerprint density at radius 3 is 2.58 bits per heavy atom. The van der Waals surface area contributed by atoms with Crippen LogP contribution in [0.3, 0.4) is 0 Å². The van der Waals surface area contributed by atoms with E-state index in [0.29, 0.717) is 16.5 Å². The number of hydrogen-bond acceptors (Lipinski definition) is 3. The Kier molecular flexibility index (Phi) is 4.99. The van der Waals surface area contributed by atoms with E-state index >= 15 is 0 Å². The van der Waals surface area contributed by atoms with E-state index in [4.69, 9.17) is 0 Å². The Balaban J connectivity index is 2.78. The summed E-state index contributed by atoms with van der Waals surface area (Å²) >= 11 is 0. The Morgan fingerprint density at radius 1 is 1.42 bits per heavy atom. The molecule has 0 amide bonds. The standard InChI is InChI=1S/C10H16F3N3O2S/c1-14-6-8-5-9(7-15-8)19(17,18)16(2)4-3-10(11,12)13/h5,7,14-15H,3-4,6H2,1-2H3. The first-order valence-corrected chi connectivity index (χ1v) is 6.96. The molecule has 0 aromatic carbocycles. The van der Waals surface area contributed by atoms with E-state index in [1.807, 2.05) is 0 Å². The van der Waals surface area contributed by atoms with Crippen molar-refractivity contribution in [1.82, 2.24) is 14.6 Å². The smallest absolute Gasteiger partial charge is 0.363 e. The van der Waals surface area contributed by atoms with Crippen molar-refractivity contribution in [1.29, 1.82) is 0 Å². The summed E-state index contributed by atoms with van der Waals surface area (Å²) in [6.07, 6.45) is -4.28. The highest BCUT2D eigenvalue weighted by atomic mass is 32.2. The minimum atomic E-state index is -4.38. The van der Waals surface area contributed by atoms with E-state index < -0.39 is 29.2 Å². The summed E-state index contributed by atoms with van der Waals surface area (Å²) in [4.78, 5) is 2.71. The molecule has 0 fully saturated rings. The van der Waals surface area contributed by atoms with E-state index in [1.54, 1.807) is 7.05 Å². The van der Waals surface area contributed by atoms with Crippen LogP contribution in [0.5, 0.6) is 0 Å². The summed E-state index contributed by atoms with van der Waals surface area (Å²) < 4.78 is 60.9. The molecule has 1 rings (SSSR count). The summed E-state index contributed by atoms with van der Waals surface area (Å²) in [5.41, 5.74) is 0.644. The van der Waals surface area contributed by atoms with E-state index in [0.717, 1.165) is 7.05 Å². The van der Waals surface area contributed by atoms with Crippen LogP contribution in [-0.2, 0) is 16.6 Å². The van der Waals surface area contributed by atoms with Crippen molar-refractivity contribution in [3.8, 4) is 0 Å². The number of rotatable bonds is 6. The van der Waals surface area contributed by atoms with Crippen molar-refractivity contribution < 1.29 is 21.6 Å². The lowest BCUT2D eigenvalue weighted by Gasteiger charge is -2.17. The maximum atomic E-state index is 12.1. The van der Waals surface area contributed by atoms with Gasteiger partial charge in [0, 0.05) is 32.0 Å². The second-order valence-electron chi connectivity index (χ2n) is 4.08. The second kappa shape index (κ2) is 5.93. The van der Waals surface area contributed by atoms with Crippen LogP contribution in [0.25, 0.3) is 0 Å². The molecule has 1 heterocycles. The van der Waals surface area contributed by atoms with Crippen molar-refractivity contribution >= 4 is 10.0 Å². The highest BCUT2D eigenvalue weighted by Crippen LogP contribution is 2.22. The zero-order chi connectivity index (χ0) is 14.7. The number of H-pyrrole nitrogens is 1. The highest BCUT2D eigenvalue weighted by molar-refractivity contribution is 7.89. The summed E-state index contributed by atoms with van der Waals surface area (Å²) in [7, 11) is -1.05. The van der Waals surface area contributed by atoms with Crippen LogP contribution < -0.4 is 5.32 Å². The fraction of sp³-hybridized carbons (Fsp3) is 0.600. The highest BCUT2D eigenvalue weighted by Gasteiger charge is 2.30. The fourth-order valence-electron chi connectivity index (χ4n) is 1.44. The predicted molar refractivity (Wildman–Crippen MR) is 64.0 cm³/mol. The molecule has 0 aliphatic rings. The van der Waals surface area contributed by atoms with Gasteiger partial charge in [0.25, 0.3) is 0 Å². The van der Waals surface area contributed by atoms with Crippen LogP contribution in [0.4, 0.5) is 13.2 Å². The van der Waals surface area contributed by atoms with Crippen molar-refractivity contribution in [2.24, 2.45) is 0 Å². The third-order valence-electron chi connectivity index (χ3n) is 2.50. The minimum absolute atomic E-state index is 0.0394. The second-order valence-corrected chi connectivity index (χ2v) is 6.13. The molecule has 0 aliphatic heterocycles. The Morgan fingerprint density at radius 2 is 2.05 bits per heavy atom. The van der Waals surface area contributed by atoms with Crippen molar-refractivity contribution in [3.05, 3.63) is 18.0 Å². The average molecular weight is 299 g/mol. The summed E-state index contributed by atoms with van der Waals surface area (Å²) in [5.74, 6) is 0. The lowest BCUT2D eigenvalue weighted by atomic mass is 10.4. The lowest BCUT2D eigenvalue weighted by Crippen LogP contribution is -2.30.